The fourth-order valence-electron chi connectivity index (χ4n) is 9.69. The number of Topliss-reactive ketones (excluding diaryl/α,β-unsaturated/α-hetero) is 1. The van der Waals surface area contributed by atoms with E-state index in [0.717, 1.165) is 37.0 Å². The molecule has 0 saturated heterocycles. The van der Waals surface area contributed by atoms with Crippen LogP contribution in [-0.4, -0.2) is 48.9 Å². The number of carbonyl (C=O) groups excluding carboxylic acids is 5. The number of hydrogen-bond acceptors (Lipinski definition) is 8. The van der Waals surface area contributed by atoms with Gasteiger partial charge in [0.05, 0.1) is 14.2 Å². The van der Waals surface area contributed by atoms with E-state index in [1.807, 2.05) is 18.2 Å². The summed E-state index contributed by atoms with van der Waals surface area (Å²) in [5, 5.41) is 0. The molecule has 0 N–H and O–H groups in total. The molecule has 7 atom stereocenters. The van der Waals surface area contributed by atoms with Gasteiger partial charge in [-0.05, 0) is 105 Å². The van der Waals surface area contributed by atoms with Crippen molar-refractivity contribution in [2.75, 3.05) is 14.2 Å². The number of hydrogen-bond donors (Lipinski definition) is 0. The van der Waals surface area contributed by atoms with Gasteiger partial charge in [0, 0.05) is 36.3 Å². The maximum atomic E-state index is 12.8. The van der Waals surface area contributed by atoms with E-state index in [1.165, 1.54) is 37.3 Å². The molecule has 0 spiro atoms. The predicted octanol–water partition coefficient (Wildman–Crippen LogP) is 7.15. The lowest BCUT2D eigenvalue weighted by Gasteiger charge is -2.58. The Bertz CT molecular complexity index is 1710. The fraction of sp³-hybridized carbons (Fsp3) is 0.488. The van der Waals surface area contributed by atoms with Crippen LogP contribution in [0.1, 0.15) is 84.6 Å². The molecule has 5 aliphatic rings. The highest BCUT2D eigenvalue weighted by Crippen LogP contribution is 2.67. The Balaban J connectivity index is 0.000000200. The summed E-state index contributed by atoms with van der Waals surface area (Å²) in [5.41, 5.74) is 2.41. The van der Waals surface area contributed by atoms with Crippen LogP contribution in [0.2, 0.25) is 0 Å². The molecule has 0 heterocycles. The van der Waals surface area contributed by atoms with Gasteiger partial charge in [-0.2, -0.15) is 0 Å². The van der Waals surface area contributed by atoms with Crippen molar-refractivity contribution in [1.82, 2.24) is 0 Å². The second kappa shape index (κ2) is 13.5. The Kier molecular flexibility index (Phi) is 9.93. The number of ether oxygens (including phenoxy) is 3. The van der Waals surface area contributed by atoms with Crippen LogP contribution in [-0.2, 0) is 33.4 Å². The van der Waals surface area contributed by atoms with E-state index in [-0.39, 0.29) is 51.6 Å². The van der Waals surface area contributed by atoms with Crippen molar-refractivity contribution in [3.63, 3.8) is 0 Å². The molecule has 0 aromatic heterocycles. The number of benzene rings is 1. The number of rotatable bonds is 7. The average Bonchev–Trinajstić information content (AvgIpc) is 3.37. The third-order valence-corrected chi connectivity index (χ3v) is 12.2. The Labute approximate surface area is 289 Å². The minimum absolute atomic E-state index is 0.0160. The zero-order chi connectivity index (χ0) is 35.9. The van der Waals surface area contributed by atoms with E-state index in [9.17, 15) is 24.0 Å². The smallest absolute Gasteiger partial charge is 0.303 e. The number of carbonyl (C=O) groups is 5. The molecule has 260 valence electrons. The van der Waals surface area contributed by atoms with E-state index in [0.29, 0.717) is 36.2 Å². The van der Waals surface area contributed by atoms with Crippen LogP contribution in [0.5, 0.6) is 5.75 Å². The van der Waals surface area contributed by atoms with Gasteiger partial charge in [-0.25, -0.2) is 0 Å². The highest BCUT2D eigenvalue weighted by atomic mass is 16.6. The van der Waals surface area contributed by atoms with E-state index in [2.05, 4.69) is 33.4 Å². The van der Waals surface area contributed by atoms with Crippen molar-refractivity contribution >= 4 is 29.1 Å². The average molecular weight is 669 g/mol. The second-order valence-corrected chi connectivity index (χ2v) is 14.6. The Hall–Kier alpha value is -4.33. The number of methoxy groups -OCH3 is 2. The molecule has 6 rings (SSSR count). The maximum absolute atomic E-state index is 12.8. The summed E-state index contributed by atoms with van der Waals surface area (Å²) in [4.78, 5) is 60.8. The SMILES string of the molecule is C=CC(C1=CC(=O)C(OC)=CC1=O)c1ccc(OC)cc1.CC(=O)OC1(C(C)=O)CCC2C3C=C(C)C4=CC(=O)CCC4(C)C3CCC21C. The highest BCUT2D eigenvalue weighted by molar-refractivity contribution is 6.19. The van der Waals surface area contributed by atoms with Gasteiger partial charge in [-0.15, -0.1) is 6.58 Å². The lowest BCUT2D eigenvalue weighted by Crippen LogP contribution is -2.58. The van der Waals surface area contributed by atoms with Crippen molar-refractivity contribution < 1.29 is 38.2 Å². The molecule has 7 unspecified atom stereocenters. The summed E-state index contributed by atoms with van der Waals surface area (Å²) < 4.78 is 15.8. The number of esters is 1. The summed E-state index contributed by atoms with van der Waals surface area (Å²) >= 11 is 0. The van der Waals surface area contributed by atoms with Crippen molar-refractivity contribution in [2.45, 2.75) is 84.7 Å². The highest BCUT2D eigenvalue weighted by Gasteiger charge is 2.67. The van der Waals surface area contributed by atoms with Gasteiger partial charge in [0.1, 0.15) is 5.75 Å². The van der Waals surface area contributed by atoms with E-state index in [4.69, 9.17) is 14.2 Å². The molecule has 1 aromatic rings. The molecule has 8 heteroatoms. The zero-order valence-corrected chi connectivity index (χ0v) is 29.7. The molecule has 0 radical (unpaired) electrons. The molecular formula is C41H48O8. The molecule has 2 saturated carbocycles. The van der Waals surface area contributed by atoms with Crippen LogP contribution in [0.15, 0.2) is 83.7 Å². The standard InChI is InChI=1S/C24H32O4.C17H16O4/c1-14-12-18-19(22(4)9-6-17(27)13-21(14)22)7-10-23(5)20(18)8-11-24(23,15(2)25)28-16(3)26;1-4-13(11-5-7-12(20-2)8-6-11)14-9-16(19)17(21-3)10-15(14)18/h12-13,18-20H,6-11H2,1-5H3;4-10,13H,1H2,2-3H3. The summed E-state index contributed by atoms with van der Waals surface area (Å²) in [6.45, 7) is 13.4. The van der Waals surface area contributed by atoms with Gasteiger partial charge in [0.15, 0.2) is 28.7 Å². The van der Waals surface area contributed by atoms with Crippen molar-refractivity contribution in [3.05, 3.63) is 89.3 Å². The molecule has 1 aromatic carbocycles. The van der Waals surface area contributed by atoms with Crippen LogP contribution in [0.3, 0.4) is 0 Å². The zero-order valence-electron chi connectivity index (χ0n) is 29.7. The summed E-state index contributed by atoms with van der Waals surface area (Å²) in [6, 6.07) is 7.30. The Morgan fingerprint density at radius 3 is 2.16 bits per heavy atom. The Morgan fingerprint density at radius 1 is 0.898 bits per heavy atom. The topological polar surface area (TPSA) is 113 Å². The van der Waals surface area contributed by atoms with Gasteiger partial charge in [-0.3, -0.25) is 24.0 Å². The third-order valence-electron chi connectivity index (χ3n) is 12.2. The fourth-order valence-corrected chi connectivity index (χ4v) is 9.69. The van der Waals surface area contributed by atoms with Crippen LogP contribution < -0.4 is 4.74 Å². The minimum Gasteiger partial charge on any atom is -0.497 e. The summed E-state index contributed by atoms with van der Waals surface area (Å²) in [5.74, 6) is 0.909. The first-order valence-corrected chi connectivity index (χ1v) is 17.1. The Morgan fingerprint density at radius 2 is 1.57 bits per heavy atom. The monoisotopic (exact) mass is 668 g/mol. The summed E-state index contributed by atoms with van der Waals surface area (Å²) in [6.07, 6.45) is 13.4. The third kappa shape index (κ3) is 6.08. The van der Waals surface area contributed by atoms with Gasteiger partial charge in [0.2, 0.25) is 5.78 Å². The van der Waals surface area contributed by atoms with Gasteiger partial charge in [0.25, 0.3) is 0 Å². The largest absolute Gasteiger partial charge is 0.497 e. The summed E-state index contributed by atoms with van der Waals surface area (Å²) in [7, 11) is 2.95. The molecular weight excluding hydrogens is 620 g/mol. The van der Waals surface area contributed by atoms with Crippen molar-refractivity contribution in [3.8, 4) is 5.75 Å². The lowest BCUT2D eigenvalue weighted by atomic mass is 9.47. The number of fused-ring (bicyclic) bond motifs is 5. The molecule has 2 fully saturated rings. The first-order valence-electron chi connectivity index (χ1n) is 17.1. The number of ketones is 4. The first kappa shape index (κ1) is 36.0. The molecule has 5 aliphatic carbocycles. The van der Waals surface area contributed by atoms with Gasteiger partial charge in [-0.1, -0.05) is 43.7 Å². The van der Waals surface area contributed by atoms with Gasteiger partial charge >= 0.3 is 5.97 Å². The van der Waals surface area contributed by atoms with E-state index in [1.54, 1.807) is 32.2 Å². The lowest BCUT2D eigenvalue weighted by molar-refractivity contribution is -0.185. The van der Waals surface area contributed by atoms with Gasteiger partial charge < -0.3 is 14.2 Å². The quantitative estimate of drug-likeness (QED) is 0.171. The van der Waals surface area contributed by atoms with E-state index >= 15 is 0 Å². The predicted molar refractivity (Wildman–Crippen MR) is 186 cm³/mol. The molecule has 0 amide bonds. The molecule has 49 heavy (non-hydrogen) atoms. The molecule has 8 nitrogen and oxygen atoms in total. The molecule has 0 aliphatic heterocycles. The van der Waals surface area contributed by atoms with Crippen LogP contribution in [0.25, 0.3) is 0 Å². The van der Waals surface area contributed by atoms with Crippen molar-refractivity contribution in [1.29, 1.82) is 0 Å². The van der Waals surface area contributed by atoms with Crippen LogP contribution in [0.4, 0.5) is 0 Å². The van der Waals surface area contributed by atoms with Crippen LogP contribution >= 0.6 is 0 Å². The van der Waals surface area contributed by atoms with Crippen molar-refractivity contribution in [2.24, 2.45) is 28.6 Å². The second-order valence-electron chi connectivity index (χ2n) is 14.6. The first-order chi connectivity index (χ1) is 23.1. The van der Waals surface area contributed by atoms with Crippen LogP contribution in [0, 0.1) is 28.6 Å². The number of allylic oxidation sites excluding steroid dienone is 8. The maximum Gasteiger partial charge on any atom is 0.303 e. The van der Waals surface area contributed by atoms with E-state index < -0.39 is 5.60 Å². The minimum atomic E-state index is -0.990. The molecule has 0 bridgehead atoms. The normalized spacial score (nSPS) is 32.3.